The summed E-state index contributed by atoms with van der Waals surface area (Å²) in [4.78, 5) is 12.0. The van der Waals surface area contributed by atoms with Crippen molar-refractivity contribution in [3.63, 3.8) is 0 Å². The van der Waals surface area contributed by atoms with E-state index in [1.807, 2.05) is 45.9 Å². The largest absolute Gasteiger partial charge is 0.385 e. The Balaban J connectivity index is 2.70. The molecule has 0 radical (unpaired) electrons. The molecular formula is C15H24N2O2. The molecule has 0 bridgehead atoms. The van der Waals surface area contributed by atoms with Crippen LogP contribution in [0.25, 0.3) is 0 Å². The number of hydrogen-bond acceptors (Lipinski definition) is 3. The minimum atomic E-state index is -0.353. The lowest BCUT2D eigenvalue weighted by Crippen LogP contribution is -2.39. The summed E-state index contributed by atoms with van der Waals surface area (Å²) < 4.78 is 5.27. The second-order valence-corrected chi connectivity index (χ2v) is 5.21. The van der Waals surface area contributed by atoms with Gasteiger partial charge in [0.1, 0.15) is 0 Å². The van der Waals surface area contributed by atoms with Gasteiger partial charge in [-0.15, -0.1) is 0 Å². The Morgan fingerprint density at radius 1 is 1.37 bits per heavy atom. The minimum Gasteiger partial charge on any atom is -0.385 e. The molecule has 0 heterocycles. The zero-order chi connectivity index (χ0) is 14.5. The van der Waals surface area contributed by atoms with E-state index in [0.717, 1.165) is 17.8 Å². The molecule has 0 atom stereocenters. The standard InChI is InChI=1S/C15H24N2O2/c1-6-16-13-8-7-12(9-11(13)2)14(18)17-10-15(3,4)19-5/h7-9,16H,6,10H2,1-5H3,(H,17,18). The van der Waals surface area contributed by atoms with E-state index < -0.39 is 0 Å². The molecule has 0 saturated heterocycles. The molecule has 0 spiro atoms. The summed E-state index contributed by atoms with van der Waals surface area (Å²) in [6.07, 6.45) is 0. The lowest BCUT2D eigenvalue weighted by atomic mass is 10.1. The molecule has 0 aliphatic rings. The first kappa shape index (κ1) is 15.5. The smallest absolute Gasteiger partial charge is 0.251 e. The number of anilines is 1. The van der Waals surface area contributed by atoms with Gasteiger partial charge in [-0.3, -0.25) is 4.79 Å². The lowest BCUT2D eigenvalue weighted by Gasteiger charge is -2.23. The van der Waals surface area contributed by atoms with Gasteiger partial charge in [0, 0.05) is 31.5 Å². The molecule has 0 aliphatic heterocycles. The van der Waals surface area contributed by atoms with Gasteiger partial charge in [0.25, 0.3) is 5.91 Å². The number of methoxy groups -OCH3 is 1. The first-order valence-electron chi connectivity index (χ1n) is 6.57. The Morgan fingerprint density at radius 3 is 2.58 bits per heavy atom. The molecule has 0 saturated carbocycles. The predicted molar refractivity (Wildman–Crippen MR) is 78.8 cm³/mol. The molecule has 0 aromatic heterocycles. The molecule has 0 aliphatic carbocycles. The summed E-state index contributed by atoms with van der Waals surface area (Å²) in [5.41, 5.74) is 2.46. The number of aryl methyl sites for hydroxylation is 1. The fourth-order valence-corrected chi connectivity index (χ4v) is 1.66. The number of carbonyl (C=O) groups excluding carboxylic acids is 1. The van der Waals surface area contributed by atoms with Crippen LogP contribution in [0.1, 0.15) is 36.7 Å². The average molecular weight is 264 g/mol. The van der Waals surface area contributed by atoms with Gasteiger partial charge in [-0.2, -0.15) is 0 Å². The van der Waals surface area contributed by atoms with Crippen molar-refractivity contribution in [2.45, 2.75) is 33.3 Å². The molecule has 19 heavy (non-hydrogen) atoms. The van der Waals surface area contributed by atoms with Crippen molar-refractivity contribution in [2.75, 3.05) is 25.5 Å². The van der Waals surface area contributed by atoms with Crippen LogP contribution < -0.4 is 10.6 Å². The Bertz CT molecular complexity index is 442. The van der Waals surface area contributed by atoms with Gasteiger partial charge < -0.3 is 15.4 Å². The van der Waals surface area contributed by atoms with Gasteiger partial charge in [-0.1, -0.05) is 0 Å². The number of rotatable bonds is 6. The van der Waals surface area contributed by atoms with Crippen molar-refractivity contribution >= 4 is 11.6 Å². The van der Waals surface area contributed by atoms with Gasteiger partial charge in [-0.25, -0.2) is 0 Å². The van der Waals surface area contributed by atoms with E-state index in [1.165, 1.54) is 0 Å². The van der Waals surface area contributed by atoms with Crippen LogP contribution in [0.3, 0.4) is 0 Å². The van der Waals surface area contributed by atoms with E-state index >= 15 is 0 Å². The SMILES string of the molecule is CCNc1ccc(C(=O)NCC(C)(C)OC)cc1C. The molecule has 1 amide bonds. The van der Waals surface area contributed by atoms with Gasteiger partial charge in [0.15, 0.2) is 0 Å². The molecule has 1 rings (SSSR count). The second-order valence-electron chi connectivity index (χ2n) is 5.21. The van der Waals surface area contributed by atoms with E-state index in [4.69, 9.17) is 4.74 Å². The summed E-state index contributed by atoms with van der Waals surface area (Å²) >= 11 is 0. The number of benzene rings is 1. The molecule has 1 aromatic rings. The van der Waals surface area contributed by atoms with Crippen LogP contribution in [0.5, 0.6) is 0 Å². The Kier molecular flexibility index (Phi) is 5.36. The van der Waals surface area contributed by atoms with E-state index in [-0.39, 0.29) is 11.5 Å². The van der Waals surface area contributed by atoms with E-state index in [9.17, 15) is 4.79 Å². The molecule has 0 unspecified atom stereocenters. The van der Waals surface area contributed by atoms with Crippen LogP contribution in [0, 0.1) is 6.92 Å². The Morgan fingerprint density at radius 2 is 2.05 bits per heavy atom. The zero-order valence-corrected chi connectivity index (χ0v) is 12.5. The molecule has 0 fully saturated rings. The number of nitrogens with one attached hydrogen (secondary N) is 2. The maximum Gasteiger partial charge on any atom is 0.251 e. The first-order chi connectivity index (χ1) is 8.89. The maximum absolute atomic E-state index is 12.0. The second kappa shape index (κ2) is 6.57. The summed E-state index contributed by atoms with van der Waals surface area (Å²) in [7, 11) is 1.64. The minimum absolute atomic E-state index is 0.0729. The topological polar surface area (TPSA) is 50.4 Å². The molecule has 4 nitrogen and oxygen atoms in total. The Labute approximate surface area is 115 Å². The van der Waals surface area contributed by atoms with Crippen molar-refractivity contribution in [3.05, 3.63) is 29.3 Å². The van der Waals surface area contributed by atoms with Crippen molar-refractivity contribution in [2.24, 2.45) is 0 Å². The number of carbonyl (C=O) groups is 1. The van der Waals surface area contributed by atoms with Crippen molar-refractivity contribution in [3.8, 4) is 0 Å². The summed E-state index contributed by atoms with van der Waals surface area (Å²) in [6.45, 7) is 9.27. The molecular weight excluding hydrogens is 240 g/mol. The van der Waals surface area contributed by atoms with Crippen LogP contribution in [-0.4, -0.2) is 31.7 Å². The first-order valence-corrected chi connectivity index (χ1v) is 6.57. The van der Waals surface area contributed by atoms with Gasteiger partial charge in [-0.05, 0) is 51.5 Å². The number of amides is 1. The highest BCUT2D eigenvalue weighted by atomic mass is 16.5. The van der Waals surface area contributed by atoms with Gasteiger partial charge >= 0.3 is 0 Å². The lowest BCUT2D eigenvalue weighted by molar-refractivity contribution is 0.0229. The molecule has 4 heteroatoms. The average Bonchev–Trinajstić information content (AvgIpc) is 2.38. The number of ether oxygens (including phenoxy) is 1. The maximum atomic E-state index is 12.0. The van der Waals surface area contributed by atoms with Crippen molar-refractivity contribution in [1.29, 1.82) is 0 Å². The van der Waals surface area contributed by atoms with Crippen molar-refractivity contribution < 1.29 is 9.53 Å². The summed E-state index contributed by atoms with van der Waals surface area (Å²) in [5, 5.41) is 6.14. The quantitative estimate of drug-likeness (QED) is 0.830. The fraction of sp³-hybridized carbons (Fsp3) is 0.533. The predicted octanol–water partition coefficient (Wildman–Crippen LogP) is 2.58. The highest BCUT2D eigenvalue weighted by molar-refractivity contribution is 5.94. The zero-order valence-electron chi connectivity index (χ0n) is 12.5. The van der Waals surface area contributed by atoms with Crippen LogP contribution in [0.15, 0.2) is 18.2 Å². The van der Waals surface area contributed by atoms with Crippen LogP contribution >= 0.6 is 0 Å². The normalized spacial score (nSPS) is 11.2. The highest BCUT2D eigenvalue weighted by Gasteiger charge is 2.18. The highest BCUT2D eigenvalue weighted by Crippen LogP contribution is 2.16. The summed E-state index contributed by atoms with van der Waals surface area (Å²) in [5.74, 6) is -0.0729. The van der Waals surface area contributed by atoms with E-state index in [1.54, 1.807) is 7.11 Å². The fourth-order valence-electron chi connectivity index (χ4n) is 1.66. The third-order valence-corrected chi connectivity index (χ3v) is 3.08. The third-order valence-electron chi connectivity index (χ3n) is 3.08. The molecule has 106 valence electrons. The Hall–Kier alpha value is -1.55. The van der Waals surface area contributed by atoms with Crippen LogP contribution in [0.2, 0.25) is 0 Å². The van der Waals surface area contributed by atoms with E-state index in [0.29, 0.717) is 12.1 Å². The molecule has 1 aromatic carbocycles. The monoisotopic (exact) mass is 264 g/mol. The van der Waals surface area contributed by atoms with E-state index in [2.05, 4.69) is 10.6 Å². The van der Waals surface area contributed by atoms with Gasteiger partial charge in [0.2, 0.25) is 0 Å². The van der Waals surface area contributed by atoms with Crippen molar-refractivity contribution in [1.82, 2.24) is 5.32 Å². The third kappa shape index (κ3) is 4.56. The van der Waals surface area contributed by atoms with Gasteiger partial charge in [0.05, 0.1) is 5.60 Å². The van der Waals surface area contributed by atoms with Crippen LogP contribution in [0.4, 0.5) is 5.69 Å². The number of hydrogen-bond donors (Lipinski definition) is 2. The van der Waals surface area contributed by atoms with Crippen LogP contribution in [-0.2, 0) is 4.74 Å². The summed E-state index contributed by atoms with van der Waals surface area (Å²) in [6, 6.07) is 5.67. The molecule has 2 N–H and O–H groups in total.